The van der Waals surface area contributed by atoms with Crippen LogP contribution in [-0.4, -0.2) is 12.0 Å². The van der Waals surface area contributed by atoms with Crippen molar-refractivity contribution < 1.29 is 4.39 Å². The number of nitrogens with one attached hydrogen (secondary N) is 1. The lowest BCUT2D eigenvalue weighted by Gasteiger charge is -2.16. The lowest BCUT2D eigenvalue weighted by Crippen LogP contribution is -2.19. The molecular weight excluding hydrogens is 247 g/mol. The summed E-state index contributed by atoms with van der Waals surface area (Å²) in [6.45, 7) is 3.90. The fourth-order valence-corrected chi connectivity index (χ4v) is 2.84. The zero-order chi connectivity index (χ0) is 13.1. The molecule has 1 unspecified atom stereocenters. The van der Waals surface area contributed by atoms with Gasteiger partial charge in [-0.15, -0.1) is 11.3 Å². The molecule has 0 saturated carbocycles. The monoisotopic (exact) mass is 264 g/mol. The molecule has 0 aliphatic carbocycles. The standard InChI is InChI=1S/C14H17FN2S/c1-9-4-11(6-12(15)5-9)13(16-3)7-14-17-10(2)8-18-14/h4-6,8,13,16H,7H2,1-3H3. The van der Waals surface area contributed by atoms with Crippen molar-refractivity contribution in [1.82, 2.24) is 10.3 Å². The number of hydrogen-bond acceptors (Lipinski definition) is 3. The van der Waals surface area contributed by atoms with Gasteiger partial charge in [0.05, 0.1) is 5.01 Å². The Balaban J connectivity index is 2.22. The van der Waals surface area contributed by atoms with Crippen molar-refractivity contribution in [2.75, 3.05) is 7.05 Å². The molecule has 0 fully saturated rings. The van der Waals surface area contributed by atoms with Crippen molar-refractivity contribution in [3.8, 4) is 0 Å². The van der Waals surface area contributed by atoms with E-state index < -0.39 is 0 Å². The van der Waals surface area contributed by atoms with Crippen molar-refractivity contribution in [2.24, 2.45) is 0 Å². The minimum Gasteiger partial charge on any atom is -0.313 e. The van der Waals surface area contributed by atoms with Gasteiger partial charge in [-0.1, -0.05) is 6.07 Å². The molecular formula is C14H17FN2S. The molecule has 2 nitrogen and oxygen atoms in total. The van der Waals surface area contributed by atoms with Gasteiger partial charge in [0.15, 0.2) is 0 Å². The number of hydrogen-bond donors (Lipinski definition) is 1. The summed E-state index contributed by atoms with van der Waals surface area (Å²) in [5.74, 6) is -0.180. The van der Waals surface area contributed by atoms with Gasteiger partial charge in [-0.2, -0.15) is 0 Å². The molecule has 0 aliphatic heterocycles. The zero-order valence-electron chi connectivity index (χ0n) is 10.8. The van der Waals surface area contributed by atoms with Crippen LogP contribution in [0.3, 0.4) is 0 Å². The van der Waals surface area contributed by atoms with Gasteiger partial charge in [0, 0.05) is 23.5 Å². The van der Waals surface area contributed by atoms with Crippen LogP contribution in [0.15, 0.2) is 23.6 Å². The maximum absolute atomic E-state index is 13.4. The molecule has 1 atom stereocenters. The Morgan fingerprint density at radius 3 is 2.67 bits per heavy atom. The Hall–Kier alpha value is -1.26. The van der Waals surface area contributed by atoms with Crippen LogP contribution in [0.5, 0.6) is 0 Å². The van der Waals surface area contributed by atoms with Crippen molar-refractivity contribution in [3.05, 3.63) is 51.2 Å². The van der Waals surface area contributed by atoms with Crippen molar-refractivity contribution in [3.63, 3.8) is 0 Å². The summed E-state index contributed by atoms with van der Waals surface area (Å²) < 4.78 is 13.4. The van der Waals surface area contributed by atoms with Gasteiger partial charge < -0.3 is 5.32 Å². The molecule has 96 valence electrons. The number of rotatable bonds is 4. The molecule has 0 saturated heterocycles. The molecule has 2 rings (SSSR count). The first-order valence-electron chi connectivity index (χ1n) is 5.94. The van der Waals surface area contributed by atoms with Gasteiger partial charge in [0.1, 0.15) is 5.82 Å². The average Bonchev–Trinajstić information content (AvgIpc) is 2.70. The van der Waals surface area contributed by atoms with E-state index in [0.29, 0.717) is 0 Å². The average molecular weight is 264 g/mol. The fraction of sp³-hybridized carbons (Fsp3) is 0.357. The Labute approximate surface area is 111 Å². The van der Waals surface area contributed by atoms with E-state index in [9.17, 15) is 4.39 Å². The van der Waals surface area contributed by atoms with Gasteiger partial charge in [0.25, 0.3) is 0 Å². The van der Waals surface area contributed by atoms with Crippen LogP contribution in [0, 0.1) is 19.7 Å². The second-order valence-corrected chi connectivity index (χ2v) is 5.43. The number of likely N-dealkylation sites (N-methyl/N-ethyl adjacent to an activating group) is 1. The molecule has 1 aromatic carbocycles. The summed E-state index contributed by atoms with van der Waals surface area (Å²) in [7, 11) is 1.89. The molecule has 1 aromatic heterocycles. The molecule has 0 bridgehead atoms. The lowest BCUT2D eigenvalue weighted by molar-refractivity contribution is 0.575. The maximum Gasteiger partial charge on any atom is 0.123 e. The molecule has 2 aromatic rings. The highest BCUT2D eigenvalue weighted by molar-refractivity contribution is 7.09. The van der Waals surface area contributed by atoms with Gasteiger partial charge in [-0.3, -0.25) is 0 Å². The van der Waals surface area contributed by atoms with Gasteiger partial charge in [0.2, 0.25) is 0 Å². The van der Waals surface area contributed by atoms with Crippen LogP contribution >= 0.6 is 11.3 Å². The third-order valence-electron chi connectivity index (χ3n) is 2.86. The largest absolute Gasteiger partial charge is 0.313 e. The third kappa shape index (κ3) is 3.15. The smallest absolute Gasteiger partial charge is 0.123 e. The van der Waals surface area contributed by atoms with E-state index in [2.05, 4.69) is 10.3 Å². The van der Waals surface area contributed by atoms with Crippen LogP contribution < -0.4 is 5.32 Å². The summed E-state index contributed by atoms with van der Waals surface area (Å²) >= 11 is 1.65. The molecule has 1 heterocycles. The normalized spacial score (nSPS) is 12.7. The molecule has 0 spiro atoms. The second-order valence-electron chi connectivity index (χ2n) is 4.49. The van der Waals surface area contributed by atoms with E-state index in [-0.39, 0.29) is 11.9 Å². The third-order valence-corrected chi connectivity index (χ3v) is 3.85. The van der Waals surface area contributed by atoms with E-state index in [1.54, 1.807) is 23.5 Å². The van der Waals surface area contributed by atoms with E-state index in [4.69, 9.17) is 0 Å². The molecule has 0 radical (unpaired) electrons. The highest BCUT2D eigenvalue weighted by Crippen LogP contribution is 2.22. The van der Waals surface area contributed by atoms with Crippen molar-refractivity contribution in [1.29, 1.82) is 0 Å². The predicted molar refractivity (Wildman–Crippen MR) is 73.5 cm³/mol. The molecule has 0 aliphatic rings. The quantitative estimate of drug-likeness (QED) is 0.915. The van der Waals surface area contributed by atoms with Crippen LogP contribution in [-0.2, 0) is 6.42 Å². The van der Waals surface area contributed by atoms with Crippen molar-refractivity contribution >= 4 is 11.3 Å². The summed E-state index contributed by atoms with van der Waals surface area (Å²) in [6, 6.07) is 5.26. The van der Waals surface area contributed by atoms with Crippen LogP contribution in [0.1, 0.15) is 27.9 Å². The summed E-state index contributed by atoms with van der Waals surface area (Å²) in [5.41, 5.74) is 2.96. The summed E-state index contributed by atoms with van der Waals surface area (Å²) in [4.78, 5) is 4.45. The minimum atomic E-state index is -0.180. The predicted octanol–water partition coefficient (Wildman–Crippen LogP) is 3.40. The van der Waals surface area contributed by atoms with Crippen molar-refractivity contribution in [2.45, 2.75) is 26.3 Å². The number of aryl methyl sites for hydroxylation is 2. The first-order chi connectivity index (χ1) is 8.58. The zero-order valence-corrected chi connectivity index (χ0v) is 11.6. The van der Waals surface area contributed by atoms with E-state index in [1.807, 2.05) is 32.3 Å². The lowest BCUT2D eigenvalue weighted by atomic mass is 10.0. The number of benzene rings is 1. The SMILES string of the molecule is CNC(Cc1nc(C)cs1)c1cc(C)cc(F)c1. The topological polar surface area (TPSA) is 24.9 Å². The molecule has 1 N–H and O–H groups in total. The molecule has 18 heavy (non-hydrogen) atoms. The number of halogens is 1. The Morgan fingerprint density at radius 2 is 2.11 bits per heavy atom. The second kappa shape index (κ2) is 5.59. The molecule has 0 amide bonds. The van der Waals surface area contributed by atoms with Crippen LogP contribution in [0.4, 0.5) is 4.39 Å². The van der Waals surface area contributed by atoms with E-state index in [1.165, 1.54) is 0 Å². The van der Waals surface area contributed by atoms with Gasteiger partial charge in [-0.05, 0) is 44.2 Å². The highest BCUT2D eigenvalue weighted by Gasteiger charge is 2.13. The highest BCUT2D eigenvalue weighted by atomic mass is 32.1. The Morgan fingerprint density at radius 1 is 1.33 bits per heavy atom. The van der Waals surface area contributed by atoms with Crippen LogP contribution in [0.2, 0.25) is 0 Å². The first kappa shape index (κ1) is 13.2. The van der Waals surface area contributed by atoms with Gasteiger partial charge >= 0.3 is 0 Å². The Kier molecular flexibility index (Phi) is 4.09. The number of aromatic nitrogens is 1. The van der Waals surface area contributed by atoms with Crippen LogP contribution in [0.25, 0.3) is 0 Å². The Bertz CT molecular complexity index is 516. The molecule has 4 heteroatoms. The minimum absolute atomic E-state index is 0.102. The number of thiazole rings is 1. The summed E-state index contributed by atoms with van der Waals surface area (Å²) in [6.07, 6.45) is 0.790. The number of nitrogens with zero attached hydrogens (tertiary/aromatic N) is 1. The van der Waals surface area contributed by atoms with Gasteiger partial charge in [-0.25, -0.2) is 9.37 Å². The first-order valence-corrected chi connectivity index (χ1v) is 6.82. The fourth-order valence-electron chi connectivity index (χ4n) is 2.02. The maximum atomic E-state index is 13.4. The van der Waals surface area contributed by atoms with E-state index in [0.717, 1.165) is 28.2 Å². The summed E-state index contributed by atoms with van der Waals surface area (Å²) in [5, 5.41) is 6.35. The van der Waals surface area contributed by atoms with E-state index >= 15 is 0 Å².